The third kappa shape index (κ3) is 4.46. The van der Waals surface area contributed by atoms with Gasteiger partial charge in [0.25, 0.3) is 0 Å². The summed E-state index contributed by atoms with van der Waals surface area (Å²) < 4.78 is 7.16. The topological polar surface area (TPSA) is 0 Å². The van der Waals surface area contributed by atoms with E-state index < -0.39 is 16.6 Å². The number of unbranched alkanes of at least 4 members (excludes halogenated alkanes) is 2. The molecule has 0 bridgehead atoms. The Balaban J connectivity index is 0.00000132. The van der Waals surface area contributed by atoms with Crippen LogP contribution in [0.15, 0.2) is 43.2 Å². The quantitative estimate of drug-likeness (QED) is 0.539. The Morgan fingerprint density at radius 1 is 0.783 bits per heavy atom. The third-order valence-corrected chi connectivity index (χ3v) is 13.2. The van der Waals surface area contributed by atoms with Gasteiger partial charge in [0.2, 0.25) is 0 Å². The molecule has 2 aliphatic carbocycles. The summed E-state index contributed by atoms with van der Waals surface area (Å²) in [6.07, 6.45) is 20.6. The minimum Gasteiger partial charge on any atom is -1.00 e. The van der Waals surface area contributed by atoms with E-state index in [4.69, 9.17) is 0 Å². The van der Waals surface area contributed by atoms with Crippen molar-refractivity contribution in [1.82, 2.24) is 0 Å². The molecule has 0 aromatic heterocycles. The van der Waals surface area contributed by atoms with E-state index in [1.165, 1.54) is 51.4 Å². The molecule has 0 atom stereocenters. The summed E-state index contributed by atoms with van der Waals surface area (Å²) in [5, 5.41) is 0. The van der Waals surface area contributed by atoms with Crippen molar-refractivity contribution in [2.45, 2.75) is 74.7 Å². The molecule has 1 fully saturated rings. The molecule has 0 aromatic carbocycles. The zero-order chi connectivity index (χ0) is 14.7. The molecule has 0 unspecified atom stereocenters. The number of allylic oxidation sites excluding steroid dienone is 8. The van der Waals surface area contributed by atoms with E-state index in [1.54, 1.807) is 20.6 Å². The Labute approximate surface area is 158 Å². The monoisotopic (exact) mass is 388 g/mol. The van der Waals surface area contributed by atoms with Crippen LogP contribution in [-0.2, 0) is 16.6 Å². The van der Waals surface area contributed by atoms with Crippen LogP contribution in [0.25, 0.3) is 0 Å². The Kier molecular flexibility index (Phi) is 8.95. The summed E-state index contributed by atoms with van der Waals surface area (Å²) >= 11 is -1.76. The van der Waals surface area contributed by atoms with Gasteiger partial charge in [-0.15, -0.1) is 0 Å². The van der Waals surface area contributed by atoms with Crippen LogP contribution in [0, 0.1) is 0 Å². The van der Waals surface area contributed by atoms with E-state index in [1.807, 2.05) is 7.76 Å². The van der Waals surface area contributed by atoms with Crippen LogP contribution in [0.4, 0.5) is 0 Å². The molecule has 0 amide bonds. The molecule has 128 valence electrons. The molecule has 0 N–H and O–H groups in total. The molecule has 0 radical (unpaired) electrons. The summed E-state index contributed by atoms with van der Waals surface area (Å²) in [6, 6.07) is 0. The summed E-state index contributed by atoms with van der Waals surface area (Å²) in [7, 11) is 0. The van der Waals surface area contributed by atoms with Crippen molar-refractivity contribution < 1.29 is 41.4 Å². The molecule has 0 aromatic rings. The van der Waals surface area contributed by atoms with Gasteiger partial charge in [-0.25, -0.2) is 0 Å². The van der Waals surface area contributed by atoms with Crippen LogP contribution in [-0.4, -0.2) is 0 Å². The summed E-state index contributed by atoms with van der Waals surface area (Å²) in [5.41, 5.74) is 3.53. The summed E-state index contributed by atoms with van der Waals surface area (Å²) in [5.74, 6) is 0. The number of hydrogen-bond acceptors (Lipinski definition) is 0. The molecule has 3 aliphatic rings. The zero-order valence-electron chi connectivity index (χ0n) is 14.6. The minimum atomic E-state index is -1.76. The van der Waals surface area contributed by atoms with Crippen LogP contribution in [0.5, 0.6) is 0 Å². The Hall–Kier alpha value is 0.254. The number of halogens is 2. The van der Waals surface area contributed by atoms with Crippen LogP contribution in [0.3, 0.4) is 0 Å². The molecule has 3 rings (SSSR count). The zero-order valence-corrected chi connectivity index (χ0v) is 17.7. The Morgan fingerprint density at radius 3 is 1.57 bits per heavy atom. The van der Waals surface area contributed by atoms with Gasteiger partial charge < -0.3 is 24.8 Å². The van der Waals surface area contributed by atoms with Gasteiger partial charge in [-0.2, -0.15) is 0 Å². The molecule has 0 spiro atoms. The summed E-state index contributed by atoms with van der Waals surface area (Å²) in [4.78, 5) is 0. The van der Waals surface area contributed by atoms with Crippen molar-refractivity contribution in [3.8, 4) is 0 Å². The maximum Gasteiger partial charge on any atom is -1.00 e. The average Bonchev–Trinajstić information content (AvgIpc) is 2.96. The van der Waals surface area contributed by atoms with Crippen LogP contribution >= 0.6 is 0 Å². The second-order valence-corrected chi connectivity index (χ2v) is 13.8. The first kappa shape index (κ1) is 21.3. The fourth-order valence-electron chi connectivity index (χ4n) is 4.22. The molecule has 3 heteroatoms. The number of rotatable bonds is 8. The van der Waals surface area contributed by atoms with Gasteiger partial charge in [-0.1, -0.05) is 0 Å². The van der Waals surface area contributed by atoms with E-state index in [0.29, 0.717) is 0 Å². The molecule has 23 heavy (non-hydrogen) atoms. The molecule has 1 aliphatic heterocycles. The van der Waals surface area contributed by atoms with E-state index in [0.717, 1.165) is 0 Å². The van der Waals surface area contributed by atoms with Crippen molar-refractivity contribution in [3.63, 3.8) is 0 Å². The maximum absolute atomic E-state index is 2.48. The fourth-order valence-corrected chi connectivity index (χ4v) is 12.8. The van der Waals surface area contributed by atoms with Gasteiger partial charge in [0.1, 0.15) is 0 Å². The number of hydrogen-bond donors (Lipinski definition) is 0. The van der Waals surface area contributed by atoms with Gasteiger partial charge in [-0.05, 0) is 0 Å². The largest absolute Gasteiger partial charge is 1.00 e. The Bertz CT molecular complexity index is 478. The van der Waals surface area contributed by atoms with E-state index in [9.17, 15) is 0 Å². The first-order valence-electron chi connectivity index (χ1n) is 9.10. The molecular weight excluding hydrogens is 359 g/mol. The average molecular weight is 389 g/mol. The smallest absolute Gasteiger partial charge is 1.00 e. The van der Waals surface area contributed by atoms with E-state index >= 15 is 0 Å². The molecule has 0 saturated carbocycles. The fraction of sp³-hybridized carbons (Fsp3) is 0.600. The van der Waals surface area contributed by atoms with E-state index in [-0.39, 0.29) is 24.8 Å². The van der Waals surface area contributed by atoms with Crippen LogP contribution in [0.2, 0.25) is 9.45 Å². The normalized spacial score (nSPS) is 19.4. The van der Waals surface area contributed by atoms with Gasteiger partial charge in [0.05, 0.1) is 0 Å². The summed E-state index contributed by atoms with van der Waals surface area (Å²) in [6.45, 7) is 4.64. The van der Waals surface area contributed by atoms with Crippen molar-refractivity contribution in [2.24, 2.45) is 0 Å². The van der Waals surface area contributed by atoms with Crippen molar-refractivity contribution >= 4 is 0 Å². The second kappa shape index (κ2) is 9.66. The predicted octanol–water partition coefficient (Wildman–Crippen LogP) is 0.807. The van der Waals surface area contributed by atoms with Gasteiger partial charge in [0, 0.05) is 0 Å². The molecule has 0 nitrogen and oxygen atoms in total. The van der Waals surface area contributed by atoms with Gasteiger partial charge in [0.15, 0.2) is 0 Å². The second-order valence-electron chi connectivity index (χ2n) is 7.01. The maximum atomic E-state index is 2.48. The van der Waals surface area contributed by atoms with Crippen molar-refractivity contribution in [1.29, 1.82) is 0 Å². The first-order chi connectivity index (χ1) is 10.3. The SMILES string of the molecule is CCCCC1=[C]([Ti+2]2([C]3=C(CCCC)C=CC3)[CH2][CH2]2)CC=C1.[Cl-].[Cl-]. The third-order valence-electron chi connectivity index (χ3n) is 5.56. The van der Waals surface area contributed by atoms with E-state index in [2.05, 4.69) is 38.2 Å². The Morgan fingerprint density at radius 2 is 1.22 bits per heavy atom. The van der Waals surface area contributed by atoms with Crippen molar-refractivity contribution in [3.05, 3.63) is 43.2 Å². The molecular formula is C20H30Cl2Ti. The predicted molar refractivity (Wildman–Crippen MR) is 90.2 cm³/mol. The van der Waals surface area contributed by atoms with Gasteiger partial charge >= 0.3 is 134 Å². The first-order valence-corrected chi connectivity index (χ1v) is 12.9. The molecule has 1 heterocycles. The van der Waals surface area contributed by atoms with Crippen LogP contribution < -0.4 is 24.8 Å². The molecule has 1 saturated heterocycles. The van der Waals surface area contributed by atoms with Crippen LogP contribution in [0.1, 0.15) is 65.2 Å². The van der Waals surface area contributed by atoms with Crippen molar-refractivity contribution in [2.75, 3.05) is 0 Å². The standard InChI is InChI=1S/2C9H13.C2H4.2ClH.Ti/c2*1-2-3-6-9-7-4-5-8-9;1-2;;;/h2*4,7H,2-3,5-6H2,1H3;1-2H2;2*1H;/q;;;;;+2/p-2. The van der Waals surface area contributed by atoms with Gasteiger partial charge in [-0.3, -0.25) is 0 Å². The minimum absolute atomic E-state index is 0.